The van der Waals surface area contributed by atoms with Crippen molar-refractivity contribution in [1.29, 1.82) is 0 Å². The summed E-state index contributed by atoms with van der Waals surface area (Å²) in [4.78, 5) is 14.7. The molecule has 0 atom stereocenters. The van der Waals surface area contributed by atoms with Crippen LogP contribution in [0.5, 0.6) is 0 Å². The first-order chi connectivity index (χ1) is 7.26. The Kier molecular flexibility index (Phi) is 2.09. The molecule has 1 aliphatic carbocycles. The van der Waals surface area contributed by atoms with E-state index in [9.17, 15) is 4.79 Å². The van der Waals surface area contributed by atoms with Gasteiger partial charge in [-0.2, -0.15) is 0 Å². The van der Waals surface area contributed by atoms with Crippen LogP contribution in [0, 0.1) is 10.8 Å². The van der Waals surface area contributed by atoms with Crippen LogP contribution in [0.2, 0.25) is 0 Å². The van der Waals surface area contributed by atoms with Crippen LogP contribution >= 0.6 is 0 Å². The van der Waals surface area contributed by atoms with E-state index in [1.165, 1.54) is 0 Å². The maximum atomic E-state index is 11.9. The van der Waals surface area contributed by atoms with Crippen LogP contribution in [0.3, 0.4) is 0 Å². The second kappa shape index (κ2) is 3.03. The van der Waals surface area contributed by atoms with Gasteiger partial charge in [0.15, 0.2) is 0 Å². The Labute approximate surface area is 95.6 Å². The number of amides is 1. The van der Waals surface area contributed by atoms with E-state index in [0.717, 1.165) is 0 Å². The summed E-state index contributed by atoms with van der Waals surface area (Å²) in [5.74, 6) is -0.0830. The Morgan fingerprint density at radius 2 is 1.94 bits per heavy atom. The summed E-state index contributed by atoms with van der Waals surface area (Å²) in [5, 5.41) is 3.04. The molecule has 1 fully saturated rings. The minimum absolute atomic E-state index is 0.0830. The molecule has 1 aromatic rings. The van der Waals surface area contributed by atoms with Gasteiger partial charge in [0.05, 0.1) is 0 Å². The van der Waals surface area contributed by atoms with Crippen molar-refractivity contribution < 1.29 is 4.79 Å². The molecular weight excluding hydrogens is 202 g/mol. The van der Waals surface area contributed by atoms with Crippen molar-refractivity contribution in [3.05, 3.63) is 18.0 Å². The van der Waals surface area contributed by atoms with Gasteiger partial charge in [0.2, 0.25) is 0 Å². The molecule has 0 aromatic carbocycles. The second-order valence-electron chi connectivity index (χ2n) is 5.70. The highest BCUT2D eigenvalue weighted by atomic mass is 16.2. The number of carbonyl (C=O) groups excluding carboxylic acids is 1. The van der Waals surface area contributed by atoms with E-state index in [2.05, 4.69) is 38.0 Å². The molecule has 0 spiro atoms. The molecule has 0 unspecified atom stereocenters. The third kappa shape index (κ3) is 1.40. The first-order valence-electron chi connectivity index (χ1n) is 5.51. The predicted octanol–water partition coefficient (Wildman–Crippen LogP) is 1.76. The third-order valence-electron chi connectivity index (χ3n) is 4.25. The summed E-state index contributed by atoms with van der Waals surface area (Å²) >= 11 is 0. The number of hydrogen-bond acceptors (Lipinski definition) is 2. The van der Waals surface area contributed by atoms with Crippen molar-refractivity contribution in [2.75, 3.05) is 5.73 Å². The van der Waals surface area contributed by atoms with E-state index >= 15 is 0 Å². The molecule has 0 radical (unpaired) electrons. The van der Waals surface area contributed by atoms with Gasteiger partial charge in [-0.25, -0.2) is 0 Å². The van der Waals surface area contributed by atoms with Crippen molar-refractivity contribution >= 4 is 11.6 Å². The molecule has 1 aliphatic rings. The number of H-pyrrole nitrogens is 1. The zero-order valence-corrected chi connectivity index (χ0v) is 10.2. The number of nitrogen functional groups attached to an aromatic ring is 1. The number of rotatable bonds is 2. The van der Waals surface area contributed by atoms with Crippen LogP contribution in [0.25, 0.3) is 0 Å². The van der Waals surface area contributed by atoms with Gasteiger partial charge in [-0.15, -0.1) is 0 Å². The highest BCUT2D eigenvalue weighted by Crippen LogP contribution is 2.62. The molecule has 0 saturated heterocycles. The fraction of sp³-hybridized carbons (Fsp3) is 0.583. The fourth-order valence-corrected chi connectivity index (χ4v) is 2.31. The maximum Gasteiger partial charge on any atom is 0.268 e. The lowest BCUT2D eigenvalue weighted by Crippen LogP contribution is -2.29. The molecule has 4 heteroatoms. The van der Waals surface area contributed by atoms with Crippen LogP contribution in [0.4, 0.5) is 5.69 Å². The molecule has 1 amide bonds. The summed E-state index contributed by atoms with van der Waals surface area (Å²) in [6, 6.07) is 1.87. The SMILES string of the molecule is CC1(C)C(NC(=O)c2cc(N)c[nH]2)C1(C)C. The lowest BCUT2D eigenvalue weighted by molar-refractivity contribution is 0.0939. The molecule has 2 rings (SSSR count). The van der Waals surface area contributed by atoms with Gasteiger partial charge < -0.3 is 16.0 Å². The summed E-state index contributed by atoms with van der Waals surface area (Å²) in [6.07, 6.45) is 1.62. The average Bonchev–Trinajstić information content (AvgIpc) is 2.58. The van der Waals surface area contributed by atoms with Crippen LogP contribution in [-0.2, 0) is 0 Å². The lowest BCUT2D eigenvalue weighted by Gasteiger charge is -2.04. The number of carbonyl (C=O) groups is 1. The first-order valence-corrected chi connectivity index (χ1v) is 5.51. The Balaban J connectivity index is 2.06. The van der Waals surface area contributed by atoms with Gasteiger partial charge in [0.1, 0.15) is 5.69 Å². The third-order valence-corrected chi connectivity index (χ3v) is 4.25. The normalized spacial score (nSPS) is 21.8. The Morgan fingerprint density at radius 3 is 2.31 bits per heavy atom. The quantitative estimate of drug-likeness (QED) is 0.712. The zero-order chi connectivity index (χ0) is 12.1. The van der Waals surface area contributed by atoms with Crippen molar-refractivity contribution in [3.63, 3.8) is 0 Å². The average molecular weight is 221 g/mol. The zero-order valence-electron chi connectivity index (χ0n) is 10.2. The Hall–Kier alpha value is -1.45. The Morgan fingerprint density at radius 1 is 1.38 bits per heavy atom. The number of aromatic nitrogens is 1. The largest absolute Gasteiger partial charge is 0.397 e. The van der Waals surface area contributed by atoms with E-state index < -0.39 is 0 Å². The maximum absolute atomic E-state index is 11.9. The molecule has 0 bridgehead atoms. The van der Waals surface area contributed by atoms with E-state index in [0.29, 0.717) is 11.4 Å². The molecule has 1 saturated carbocycles. The highest BCUT2D eigenvalue weighted by Gasteiger charge is 2.65. The molecule has 1 heterocycles. The van der Waals surface area contributed by atoms with Gasteiger partial charge >= 0.3 is 0 Å². The molecular formula is C12H19N3O. The number of nitrogens with two attached hydrogens (primary N) is 1. The molecule has 4 nitrogen and oxygen atoms in total. The van der Waals surface area contributed by atoms with Crippen molar-refractivity contribution in [2.45, 2.75) is 33.7 Å². The summed E-state index contributed by atoms with van der Waals surface area (Å²) in [6.45, 7) is 8.67. The second-order valence-corrected chi connectivity index (χ2v) is 5.70. The molecule has 4 N–H and O–H groups in total. The van der Waals surface area contributed by atoms with Gasteiger partial charge in [0.25, 0.3) is 5.91 Å². The number of anilines is 1. The van der Waals surface area contributed by atoms with Gasteiger partial charge in [-0.1, -0.05) is 27.7 Å². The highest BCUT2D eigenvalue weighted by molar-refractivity contribution is 5.94. The Bertz CT molecular complexity index is 417. The van der Waals surface area contributed by atoms with E-state index in [4.69, 9.17) is 5.73 Å². The summed E-state index contributed by atoms with van der Waals surface area (Å²) in [5.41, 5.74) is 6.97. The molecule has 16 heavy (non-hydrogen) atoms. The molecule has 1 aromatic heterocycles. The van der Waals surface area contributed by atoms with E-state index in [1.807, 2.05) is 0 Å². The summed E-state index contributed by atoms with van der Waals surface area (Å²) in [7, 11) is 0. The van der Waals surface area contributed by atoms with Crippen LogP contribution in [0.15, 0.2) is 12.3 Å². The fourth-order valence-electron chi connectivity index (χ4n) is 2.31. The van der Waals surface area contributed by atoms with Crippen molar-refractivity contribution in [1.82, 2.24) is 10.3 Å². The van der Waals surface area contributed by atoms with Crippen LogP contribution in [0.1, 0.15) is 38.2 Å². The van der Waals surface area contributed by atoms with Gasteiger partial charge in [0, 0.05) is 17.9 Å². The predicted molar refractivity (Wildman–Crippen MR) is 64.0 cm³/mol. The first kappa shape index (κ1) is 11.0. The lowest BCUT2D eigenvalue weighted by atomic mass is 10.0. The van der Waals surface area contributed by atoms with E-state index in [-0.39, 0.29) is 22.8 Å². The standard InChI is InChI=1S/C12H19N3O/c1-11(2)10(12(11,3)4)15-9(16)8-5-7(13)6-14-8/h5-6,10,14H,13H2,1-4H3,(H,15,16). The summed E-state index contributed by atoms with van der Waals surface area (Å²) < 4.78 is 0. The van der Waals surface area contributed by atoms with Gasteiger partial charge in [-0.05, 0) is 16.9 Å². The number of nitrogens with one attached hydrogen (secondary N) is 2. The van der Waals surface area contributed by atoms with Crippen LogP contribution < -0.4 is 11.1 Å². The number of hydrogen-bond donors (Lipinski definition) is 3. The smallest absolute Gasteiger partial charge is 0.268 e. The minimum Gasteiger partial charge on any atom is -0.397 e. The van der Waals surface area contributed by atoms with Crippen LogP contribution in [-0.4, -0.2) is 16.9 Å². The number of aromatic amines is 1. The molecule has 0 aliphatic heterocycles. The minimum atomic E-state index is -0.0830. The monoisotopic (exact) mass is 221 g/mol. The molecule has 88 valence electrons. The van der Waals surface area contributed by atoms with Crippen molar-refractivity contribution in [2.24, 2.45) is 10.8 Å². The topological polar surface area (TPSA) is 70.9 Å². The van der Waals surface area contributed by atoms with E-state index in [1.54, 1.807) is 12.3 Å². The van der Waals surface area contributed by atoms with Crippen molar-refractivity contribution in [3.8, 4) is 0 Å². The van der Waals surface area contributed by atoms with Gasteiger partial charge in [-0.3, -0.25) is 4.79 Å².